The molecule has 26 heavy (non-hydrogen) atoms. The number of amides is 1. The average Bonchev–Trinajstić information content (AvgIpc) is 2.96. The van der Waals surface area contributed by atoms with Gasteiger partial charge >= 0.3 is 0 Å². The number of sulfone groups is 1. The van der Waals surface area contributed by atoms with E-state index >= 15 is 0 Å². The van der Waals surface area contributed by atoms with Gasteiger partial charge in [-0.25, -0.2) is 12.8 Å². The fourth-order valence-corrected chi connectivity index (χ4v) is 4.08. The molecule has 136 valence electrons. The summed E-state index contributed by atoms with van der Waals surface area (Å²) in [7, 11) is -3.36. The molecule has 3 rings (SSSR count). The Labute approximate surface area is 151 Å². The number of nitrogens with zero attached hydrogens (tertiary/aromatic N) is 1. The minimum Gasteiger partial charge on any atom is -0.494 e. The highest BCUT2D eigenvalue weighted by atomic mass is 32.2. The zero-order valence-electron chi connectivity index (χ0n) is 14.1. The predicted octanol–water partition coefficient (Wildman–Crippen LogP) is 3.18. The first-order valence-electron chi connectivity index (χ1n) is 8.12. The smallest absolute Gasteiger partial charge is 0.258 e. The van der Waals surface area contributed by atoms with Crippen LogP contribution in [0.25, 0.3) is 0 Å². The van der Waals surface area contributed by atoms with Crippen molar-refractivity contribution in [1.29, 1.82) is 0 Å². The van der Waals surface area contributed by atoms with Gasteiger partial charge < -0.3 is 9.64 Å². The van der Waals surface area contributed by atoms with Gasteiger partial charge in [-0.3, -0.25) is 4.79 Å². The van der Waals surface area contributed by atoms with E-state index in [-0.39, 0.29) is 11.3 Å². The van der Waals surface area contributed by atoms with E-state index in [2.05, 4.69) is 0 Å². The Hall–Kier alpha value is -2.67. The maximum Gasteiger partial charge on any atom is 0.258 e. The Morgan fingerprint density at radius 1 is 1.23 bits per heavy atom. The fraction of sp³-hybridized carbons (Fsp3) is 0.211. The Morgan fingerprint density at radius 3 is 2.54 bits per heavy atom. The first-order chi connectivity index (χ1) is 12.4. The second-order valence-electron chi connectivity index (χ2n) is 5.84. The molecule has 7 heteroatoms. The molecule has 0 fully saturated rings. The molecule has 2 aromatic rings. The lowest BCUT2D eigenvalue weighted by Crippen LogP contribution is -2.41. The summed E-state index contributed by atoms with van der Waals surface area (Å²) in [5.41, 5.74) is 0.658. The van der Waals surface area contributed by atoms with Crippen LogP contribution in [0.5, 0.6) is 5.75 Å². The summed E-state index contributed by atoms with van der Waals surface area (Å²) in [6.07, 6.45) is 1.48. The molecule has 1 aliphatic rings. The Morgan fingerprint density at radius 2 is 1.96 bits per heavy atom. The topological polar surface area (TPSA) is 63.7 Å². The lowest BCUT2D eigenvalue weighted by atomic mass is 10.1. The number of rotatable bonds is 5. The molecule has 0 spiro atoms. The van der Waals surface area contributed by atoms with Gasteiger partial charge in [0.15, 0.2) is 9.84 Å². The van der Waals surface area contributed by atoms with Gasteiger partial charge in [0, 0.05) is 16.7 Å². The lowest BCUT2D eigenvalue weighted by Gasteiger charge is -2.28. The van der Waals surface area contributed by atoms with Crippen LogP contribution in [0.1, 0.15) is 17.3 Å². The summed E-state index contributed by atoms with van der Waals surface area (Å²) in [4.78, 5) is 14.4. The summed E-state index contributed by atoms with van der Waals surface area (Å²) in [6.45, 7) is 2.37. The Kier molecular flexibility index (Phi) is 5.08. The lowest BCUT2D eigenvalue weighted by molar-refractivity contribution is 0.0982. The first kappa shape index (κ1) is 18.1. The SMILES string of the molecule is CCOc1ccc(N(C(=O)c2cccc(F)c2)C2C=CS(=O)(=O)C2)cc1. The van der Waals surface area contributed by atoms with E-state index in [4.69, 9.17) is 4.74 Å². The molecule has 2 aromatic carbocycles. The van der Waals surface area contributed by atoms with Gasteiger partial charge in [0.1, 0.15) is 11.6 Å². The monoisotopic (exact) mass is 375 g/mol. The van der Waals surface area contributed by atoms with Crippen molar-refractivity contribution < 1.29 is 22.3 Å². The molecule has 1 heterocycles. The molecule has 1 aliphatic heterocycles. The third-order valence-electron chi connectivity index (χ3n) is 3.96. The number of anilines is 1. The summed E-state index contributed by atoms with van der Waals surface area (Å²) in [6, 6.07) is 11.4. The molecular formula is C19H18FNO4S. The van der Waals surface area contributed by atoms with Crippen molar-refractivity contribution in [2.45, 2.75) is 13.0 Å². The van der Waals surface area contributed by atoms with E-state index in [0.717, 1.165) is 11.5 Å². The minimum atomic E-state index is -3.36. The van der Waals surface area contributed by atoms with Crippen molar-refractivity contribution in [2.24, 2.45) is 0 Å². The molecule has 1 unspecified atom stereocenters. The number of hydrogen-bond acceptors (Lipinski definition) is 4. The van der Waals surface area contributed by atoms with Gasteiger partial charge in [-0.2, -0.15) is 0 Å². The molecule has 1 atom stereocenters. The van der Waals surface area contributed by atoms with Gasteiger partial charge in [-0.1, -0.05) is 6.07 Å². The highest BCUT2D eigenvalue weighted by Gasteiger charge is 2.32. The summed E-state index contributed by atoms with van der Waals surface area (Å²) in [5, 5.41) is 1.11. The number of hydrogen-bond donors (Lipinski definition) is 0. The van der Waals surface area contributed by atoms with E-state index in [1.165, 1.54) is 29.2 Å². The first-order valence-corrected chi connectivity index (χ1v) is 9.84. The number of carbonyl (C=O) groups excluding carboxylic acids is 1. The highest BCUT2D eigenvalue weighted by molar-refractivity contribution is 7.94. The fourth-order valence-electron chi connectivity index (χ4n) is 2.81. The molecule has 0 N–H and O–H groups in total. The number of benzene rings is 2. The Balaban J connectivity index is 1.99. The second kappa shape index (κ2) is 7.29. The number of halogens is 1. The van der Waals surface area contributed by atoms with Crippen molar-refractivity contribution in [3.05, 3.63) is 71.4 Å². The van der Waals surface area contributed by atoms with Gasteiger partial charge in [-0.05, 0) is 55.5 Å². The largest absolute Gasteiger partial charge is 0.494 e. The van der Waals surface area contributed by atoms with Crippen LogP contribution in [0.4, 0.5) is 10.1 Å². The van der Waals surface area contributed by atoms with E-state index in [1.807, 2.05) is 6.92 Å². The van der Waals surface area contributed by atoms with Crippen LogP contribution in [0, 0.1) is 5.82 Å². The van der Waals surface area contributed by atoms with Gasteiger partial charge in [0.05, 0.1) is 18.4 Å². The molecule has 0 aliphatic carbocycles. The maximum absolute atomic E-state index is 13.5. The summed E-state index contributed by atoms with van der Waals surface area (Å²) < 4.78 is 42.6. The van der Waals surface area contributed by atoms with E-state index in [9.17, 15) is 17.6 Å². The molecule has 0 saturated heterocycles. The van der Waals surface area contributed by atoms with E-state index in [0.29, 0.717) is 18.0 Å². The zero-order chi connectivity index (χ0) is 18.7. The van der Waals surface area contributed by atoms with Crippen molar-refractivity contribution in [2.75, 3.05) is 17.3 Å². The van der Waals surface area contributed by atoms with Crippen molar-refractivity contribution in [3.63, 3.8) is 0 Å². The number of ether oxygens (including phenoxy) is 1. The second-order valence-corrected chi connectivity index (χ2v) is 7.77. The quantitative estimate of drug-likeness (QED) is 0.805. The minimum absolute atomic E-state index is 0.150. The number of carbonyl (C=O) groups is 1. The van der Waals surface area contributed by atoms with Crippen LogP contribution in [-0.2, 0) is 9.84 Å². The Bertz CT molecular complexity index is 938. The van der Waals surface area contributed by atoms with Gasteiger partial charge in [0.25, 0.3) is 5.91 Å². The van der Waals surface area contributed by atoms with Crippen LogP contribution in [0.15, 0.2) is 60.0 Å². The van der Waals surface area contributed by atoms with E-state index in [1.54, 1.807) is 24.3 Å². The summed E-state index contributed by atoms with van der Waals surface area (Å²) in [5.74, 6) is -0.567. The van der Waals surface area contributed by atoms with Crippen LogP contribution in [0.2, 0.25) is 0 Å². The molecule has 5 nitrogen and oxygen atoms in total. The zero-order valence-corrected chi connectivity index (χ0v) is 14.9. The third kappa shape index (κ3) is 3.94. The van der Waals surface area contributed by atoms with E-state index < -0.39 is 27.6 Å². The van der Waals surface area contributed by atoms with Crippen LogP contribution < -0.4 is 9.64 Å². The molecule has 1 amide bonds. The molecule has 0 saturated carbocycles. The van der Waals surface area contributed by atoms with Crippen LogP contribution >= 0.6 is 0 Å². The van der Waals surface area contributed by atoms with Crippen molar-refractivity contribution in [3.8, 4) is 5.75 Å². The predicted molar refractivity (Wildman–Crippen MR) is 97.5 cm³/mol. The highest BCUT2D eigenvalue weighted by Crippen LogP contribution is 2.27. The standard InChI is InChI=1S/C19H18FNO4S/c1-2-25-18-8-6-16(7-9-18)21(17-10-11-26(23,24)13-17)19(22)14-4-3-5-15(20)12-14/h3-12,17H,2,13H2,1H3. The van der Waals surface area contributed by atoms with Crippen molar-refractivity contribution >= 4 is 21.4 Å². The van der Waals surface area contributed by atoms with Crippen molar-refractivity contribution in [1.82, 2.24) is 0 Å². The van der Waals surface area contributed by atoms with Crippen LogP contribution in [0.3, 0.4) is 0 Å². The van der Waals surface area contributed by atoms with Crippen LogP contribution in [-0.4, -0.2) is 32.7 Å². The summed E-state index contributed by atoms with van der Waals surface area (Å²) >= 11 is 0. The molecule has 0 aromatic heterocycles. The van der Waals surface area contributed by atoms with Gasteiger partial charge in [-0.15, -0.1) is 0 Å². The average molecular weight is 375 g/mol. The molecule has 0 radical (unpaired) electrons. The maximum atomic E-state index is 13.5. The normalized spacial score (nSPS) is 17.8. The molecular weight excluding hydrogens is 357 g/mol. The third-order valence-corrected chi connectivity index (χ3v) is 5.34. The van der Waals surface area contributed by atoms with Gasteiger partial charge in [0.2, 0.25) is 0 Å². The molecule has 0 bridgehead atoms.